The van der Waals surface area contributed by atoms with Crippen LogP contribution in [0.3, 0.4) is 0 Å². The van der Waals surface area contributed by atoms with Gasteiger partial charge >= 0.3 is 0 Å². The summed E-state index contributed by atoms with van der Waals surface area (Å²) >= 11 is 0. The Morgan fingerprint density at radius 1 is 1.15 bits per heavy atom. The quantitative estimate of drug-likeness (QED) is 0.734. The van der Waals surface area contributed by atoms with Gasteiger partial charge in [0.1, 0.15) is 5.75 Å². The van der Waals surface area contributed by atoms with Gasteiger partial charge in [0.25, 0.3) is 0 Å². The average Bonchev–Trinajstić information content (AvgIpc) is 2.48. The summed E-state index contributed by atoms with van der Waals surface area (Å²) in [5, 5.41) is 3.70. The van der Waals surface area contributed by atoms with Crippen molar-refractivity contribution >= 4 is 5.69 Å². The van der Waals surface area contributed by atoms with E-state index in [0.29, 0.717) is 6.04 Å². The number of benzene rings is 1. The van der Waals surface area contributed by atoms with Crippen molar-refractivity contribution in [3.8, 4) is 5.75 Å². The first-order chi connectivity index (χ1) is 9.81. The Labute approximate surface area is 123 Å². The third-order valence-electron chi connectivity index (χ3n) is 4.28. The molecule has 0 unspecified atom stereocenters. The Kier molecular flexibility index (Phi) is 6.23. The van der Waals surface area contributed by atoms with E-state index in [2.05, 4.69) is 36.5 Å². The van der Waals surface area contributed by atoms with Gasteiger partial charge in [-0.2, -0.15) is 0 Å². The average molecular weight is 275 g/mol. The normalized spacial score (nSPS) is 22.5. The van der Waals surface area contributed by atoms with Crippen molar-refractivity contribution < 1.29 is 4.74 Å². The topological polar surface area (TPSA) is 21.3 Å². The van der Waals surface area contributed by atoms with Crippen LogP contribution >= 0.6 is 0 Å². The van der Waals surface area contributed by atoms with Crippen molar-refractivity contribution in [2.24, 2.45) is 5.92 Å². The first-order valence-electron chi connectivity index (χ1n) is 8.31. The van der Waals surface area contributed by atoms with Crippen LogP contribution in [0.5, 0.6) is 5.75 Å². The summed E-state index contributed by atoms with van der Waals surface area (Å²) in [5.41, 5.74) is 1.23. The smallest absolute Gasteiger partial charge is 0.119 e. The predicted molar refractivity (Wildman–Crippen MR) is 86.5 cm³/mol. The molecule has 0 saturated heterocycles. The van der Waals surface area contributed by atoms with Gasteiger partial charge in [0.15, 0.2) is 0 Å². The van der Waals surface area contributed by atoms with Crippen molar-refractivity contribution in [1.29, 1.82) is 0 Å². The summed E-state index contributed by atoms with van der Waals surface area (Å²) in [7, 11) is 0. The minimum Gasteiger partial charge on any atom is -0.494 e. The molecule has 0 bridgehead atoms. The number of hydrogen-bond donors (Lipinski definition) is 1. The molecule has 112 valence electrons. The zero-order valence-corrected chi connectivity index (χ0v) is 13.0. The van der Waals surface area contributed by atoms with Crippen LogP contribution in [0.25, 0.3) is 0 Å². The molecule has 1 N–H and O–H groups in total. The summed E-state index contributed by atoms with van der Waals surface area (Å²) in [6.45, 7) is 5.04. The first-order valence-corrected chi connectivity index (χ1v) is 8.31. The molecule has 20 heavy (non-hydrogen) atoms. The fourth-order valence-electron chi connectivity index (χ4n) is 3.23. The van der Waals surface area contributed by atoms with Crippen molar-refractivity contribution in [3.05, 3.63) is 24.3 Å². The van der Waals surface area contributed by atoms with Gasteiger partial charge in [0, 0.05) is 11.7 Å². The SMILES string of the molecule is CCCC[C@H]1CCC[C@@H](Nc2ccc(OCC)cc2)C1. The molecule has 1 aliphatic carbocycles. The van der Waals surface area contributed by atoms with E-state index >= 15 is 0 Å². The largest absolute Gasteiger partial charge is 0.494 e. The van der Waals surface area contributed by atoms with Crippen LogP contribution in [0.2, 0.25) is 0 Å². The first kappa shape index (κ1) is 15.2. The molecule has 1 aromatic carbocycles. The van der Waals surface area contributed by atoms with Gasteiger partial charge < -0.3 is 10.1 Å². The fraction of sp³-hybridized carbons (Fsp3) is 0.667. The third kappa shape index (κ3) is 4.73. The van der Waals surface area contributed by atoms with Crippen LogP contribution in [0.4, 0.5) is 5.69 Å². The summed E-state index contributed by atoms with van der Waals surface area (Å²) < 4.78 is 5.48. The maximum atomic E-state index is 5.48. The Balaban J connectivity index is 1.82. The molecule has 2 rings (SSSR count). The number of ether oxygens (including phenoxy) is 1. The van der Waals surface area contributed by atoms with Crippen molar-refractivity contribution in [2.45, 2.75) is 64.8 Å². The second kappa shape index (κ2) is 8.18. The molecule has 2 atom stereocenters. The standard InChI is InChI=1S/C18H29NO/c1-3-5-7-15-8-6-9-17(14-15)19-16-10-12-18(13-11-16)20-4-2/h10-13,15,17,19H,3-9,14H2,1-2H3/t15-,17+/m0/s1. The highest BCUT2D eigenvalue weighted by Crippen LogP contribution is 2.30. The number of unbranched alkanes of at least 4 members (excludes halogenated alkanes) is 1. The van der Waals surface area contributed by atoms with Gasteiger partial charge in [-0.3, -0.25) is 0 Å². The molecule has 0 spiro atoms. The molecular weight excluding hydrogens is 246 g/mol. The monoisotopic (exact) mass is 275 g/mol. The Hall–Kier alpha value is -1.18. The number of nitrogens with one attached hydrogen (secondary N) is 1. The van der Waals surface area contributed by atoms with E-state index < -0.39 is 0 Å². The van der Waals surface area contributed by atoms with Crippen LogP contribution < -0.4 is 10.1 Å². The lowest BCUT2D eigenvalue weighted by Gasteiger charge is -2.30. The second-order valence-electron chi connectivity index (χ2n) is 5.97. The van der Waals surface area contributed by atoms with Crippen LogP contribution in [-0.2, 0) is 0 Å². The molecular formula is C18H29NO. The molecule has 1 saturated carbocycles. The molecule has 0 aliphatic heterocycles. The minimum atomic E-state index is 0.656. The highest BCUT2D eigenvalue weighted by atomic mass is 16.5. The maximum absolute atomic E-state index is 5.48. The maximum Gasteiger partial charge on any atom is 0.119 e. The van der Waals surface area contributed by atoms with E-state index in [1.54, 1.807) is 0 Å². The summed E-state index contributed by atoms with van der Waals surface area (Å²) in [6, 6.07) is 9.05. The second-order valence-corrected chi connectivity index (χ2v) is 5.97. The van der Waals surface area contributed by atoms with Gasteiger partial charge in [-0.25, -0.2) is 0 Å². The molecule has 0 aromatic heterocycles. The lowest BCUT2D eigenvalue weighted by molar-refractivity contribution is 0.312. The van der Waals surface area contributed by atoms with Gasteiger partial charge in [-0.1, -0.05) is 39.0 Å². The Bertz CT molecular complexity index is 374. The van der Waals surface area contributed by atoms with E-state index in [4.69, 9.17) is 4.74 Å². The molecule has 0 heterocycles. The van der Waals surface area contributed by atoms with E-state index in [9.17, 15) is 0 Å². The van der Waals surface area contributed by atoms with Crippen LogP contribution in [0.1, 0.15) is 58.8 Å². The Morgan fingerprint density at radius 3 is 2.65 bits per heavy atom. The van der Waals surface area contributed by atoms with Gasteiger partial charge in [-0.15, -0.1) is 0 Å². The molecule has 1 aliphatic rings. The number of hydrogen-bond acceptors (Lipinski definition) is 2. The summed E-state index contributed by atoms with van der Waals surface area (Å²) in [4.78, 5) is 0. The fourth-order valence-corrected chi connectivity index (χ4v) is 3.23. The lowest BCUT2D eigenvalue weighted by atomic mass is 9.82. The van der Waals surface area contributed by atoms with Crippen LogP contribution in [0, 0.1) is 5.92 Å². The van der Waals surface area contributed by atoms with Gasteiger partial charge in [0.05, 0.1) is 6.61 Å². The van der Waals surface area contributed by atoms with Crippen molar-refractivity contribution in [2.75, 3.05) is 11.9 Å². The third-order valence-corrected chi connectivity index (χ3v) is 4.28. The van der Waals surface area contributed by atoms with Crippen molar-refractivity contribution in [3.63, 3.8) is 0 Å². The van der Waals surface area contributed by atoms with Crippen molar-refractivity contribution in [1.82, 2.24) is 0 Å². The zero-order valence-electron chi connectivity index (χ0n) is 13.0. The van der Waals surface area contributed by atoms with Crippen LogP contribution in [-0.4, -0.2) is 12.6 Å². The number of anilines is 1. The molecule has 1 aromatic rings. The predicted octanol–water partition coefficient (Wildman–Crippen LogP) is 5.25. The summed E-state index contributed by atoms with van der Waals surface area (Å²) in [5.74, 6) is 1.89. The zero-order chi connectivity index (χ0) is 14.2. The molecule has 0 amide bonds. The van der Waals surface area contributed by atoms with E-state index in [-0.39, 0.29) is 0 Å². The molecule has 2 nitrogen and oxygen atoms in total. The van der Waals surface area contributed by atoms with E-state index in [1.165, 1.54) is 50.6 Å². The highest BCUT2D eigenvalue weighted by molar-refractivity contribution is 5.47. The minimum absolute atomic E-state index is 0.656. The van der Waals surface area contributed by atoms with Crippen LogP contribution in [0.15, 0.2) is 24.3 Å². The number of rotatable bonds is 7. The van der Waals surface area contributed by atoms with E-state index in [1.807, 2.05) is 6.92 Å². The van der Waals surface area contributed by atoms with Gasteiger partial charge in [-0.05, 0) is 49.9 Å². The molecule has 1 fully saturated rings. The summed E-state index contributed by atoms with van der Waals surface area (Å²) in [6.07, 6.45) is 9.60. The molecule has 0 radical (unpaired) electrons. The van der Waals surface area contributed by atoms with E-state index in [0.717, 1.165) is 18.3 Å². The lowest BCUT2D eigenvalue weighted by Crippen LogP contribution is -2.27. The highest BCUT2D eigenvalue weighted by Gasteiger charge is 2.21. The van der Waals surface area contributed by atoms with Gasteiger partial charge in [0.2, 0.25) is 0 Å². The Morgan fingerprint density at radius 2 is 1.95 bits per heavy atom. The molecule has 2 heteroatoms.